The number of nitrogens with one attached hydrogen (secondary N) is 1. The molecule has 0 heterocycles. The largest absolute Gasteiger partial charge is 0.353 e. The monoisotopic (exact) mass is 249 g/mol. The van der Waals surface area contributed by atoms with Gasteiger partial charge in [0, 0.05) is 5.54 Å². The Bertz CT molecular complexity index is 377. The van der Waals surface area contributed by atoms with Gasteiger partial charge in [0.25, 0.3) is 0 Å². The number of rotatable bonds is 2. The lowest BCUT2D eigenvalue weighted by atomic mass is 9.53. The molecule has 2 heteroatoms. The van der Waals surface area contributed by atoms with Crippen LogP contribution in [0.25, 0.3) is 0 Å². The predicted octanol–water partition coefficient (Wildman–Crippen LogP) is 3.36. The normalized spacial score (nSPS) is 53.0. The van der Waals surface area contributed by atoms with Gasteiger partial charge in [-0.1, -0.05) is 27.2 Å². The number of carbonyl (C=O) groups is 1. The Balaban J connectivity index is 1.97. The van der Waals surface area contributed by atoms with Crippen molar-refractivity contribution in [2.75, 3.05) is 0 Å². The van der Waals surface area contributed by atoms with Crippen LogP contribution in [-0.4, -0.2) is 11.9 Å². The van der Waals surface area contributed by atoms with Crippen LogP contribution in [0.5, 0.6) is 0 Å². The Labute approximate surface area is 111 Å². The van der Waals surface area contributed by atoms with E-state index in [1.807, 2.05) is 0 Å². The SMILES string of the molecule is CC12CCCC(C)(NC=O)C1C1C(CC2)C1(C)C. The number of fused-ring (bicyclic) bond motifs is 3. The molecule has 5 unspecified atom stereocenters. The zero-order chi connectivity index (χ0) is 13.2. The molecule has 5 atom stereocenters. The standard InChI is InChI=1S/C16H27NO/c1-14(2)11-6-9-15(3)7-5-8-16(4,17-10-18)13(15)12(11)14/h10-13H,5-9H2,1-4H3,(H,17,18). The first-order valence-corrected chi connectivity index (χ1v) is 7.56. The van der Waals surface area contributed by atoms with E-state index in [1.54, 1.807) is 0 Å². The molecular formula is C16H27NO. The fourth-order valence-electron chi connectivity index (χ4n) is 5.83. The molecule has 18 heavy (non-hydrogen) atoms. The van der Waals surface area contributed by atoms with Gasteiger partial charge >= 0.3 is 0 Å². The zero-order valence-corrected chi connectivity index (χ0v) is 12.3. The van der Waals surface area contributed by atoms with Crippen molar-refractivity contribution in [1.29, 1.82) is 0 Å². The summed E-state index contributed by atoms with van der Waals surface area (Å²) in [6, 6.07) is 0. The highest BCUT2D eigenvalue weighted by molar-refractivity contribution is 5.48. The molecule has 0 radical (unpaired) electrons. The van der Waals surface area contributed by atoms with Crippen LogP contribution in [0, 0.1) is 28.6 Å². The number of hydrogen-bond acceptors (Lipinski definition) is 1. The third-order valence-electron chi connectivity index (χ3n) is 6.79. The van der Waals surface area contributed by atoms with E-state index in [1.165, 1.54) is 25.7 Å². The van der Waals surface area contributed by atoms with Crippen LogP contribution in [0.1, 0.15) is 59.8 Å². The lowest BCUT2D eigenvalue weighted by molar-refractivity contribution is -0.114. The number of hydrogen-bond donors (Lipinski definition) is 1. The molecule has 0 saturated heterocycles. The molecule has 3 saturated carbocycles. The topological polar surface area (TPSA) is 29.1 Å². The molecule has 3 fully saturated rings. The lowest BCUT2D eigenvalue weighted by Gasteiger charge is -2.55. The zero-order valence-electron chi connectivity index (χ0n) is 12.3. The van der Waals surface area contributed by atoms with E-state index in [2.05, 4.69) is 33.0 Å². The summed E-state index contributed by atoms with van der Waals surface area (Å²) >= 11 is 0. The molecule has 0 spiro atoms. The highest BCUT2D eigenvalue weighted by atomic mass is 16.1. The summed E-state index contributed by atoms with van der Waals surface area (Å²) in [5.41, 5.74) is 0.995. The van der Waals surface area contributed by atoms with Crippen molar-refractivity contribution >= 4 is 6.41 Å². The minimum atomic E-state index is 0.0336. The van der Waals surface area contributed by atoms with Crippen molar-refractivity contribution in [3.05, 3.63) is 0 Å². The van der Waals surface area contributed by atoms with Gasteiger partial charge in [-0.2, -0.15) is 0 Å². The first-order chi connectivity index (χ1) is 8.35. The summed E-state index contributed by atoms with van der Waals surface area (Å²) < 4.78 is 0. The third kappa shape index (κ3) is 1.44. The summed E-state index contributed by atoms with van der Waals surface area (Å²) in [5, 5.41) is 3.20. The van der Waals surface area contributed by atoms with Crippen LogP contribution in [0.15, 0.2) is 0 Å². The van der Waals surface area contributed by atoms with Gasteiger partial charge < -0.3 is 5.32 Å². The van der Waals surface area contributed by atoms with Gasteiger partial charge in [-0.05, 0) is 61.2 Å². The lowest BCUT2D eigenvalue weighted by Crippen LogP contribution is -2.58. The molecule has 1 N–H and O–H groups in total. The van der Waals surface area contributed by atoms with Crippen molar-refractivity contribution < 1.29 is 4.79 Å². The van der Waals surface area contributed by atoms with Gasteiger partial charge in [-0.15, -0.1) is 0 Å². The molecular weight excluding hydrogens is 222 g/mol. The molecule has 0 aromatic carbocycles. The average molecular weight is 249 g/mol. The first kappa shape index (κ1) is 12.5. The van der Waals surface area contributed by atoms with Gasteiger partial charge in [0.05, 0.1) is 0 Å². The predicted molar refractivity (Wildman–Crippen MR) is 73.0 cm³/mol. The van der Waals surface area contributed by atoms with Crippen molar-refractivity contribution in [2.24, 2.45) is 28.6 Å². The van der Waals surface area contributed by atoms with E-state index < -0.39 is 0 Å². The Morgan fingerprint density at radius 3 is 2.50 bits per heavy atom. The van der Waals surface area contributed by atoms with E-state index in [0.29, 0.717) is 16.7 Å². The van der Waals surface area contributed by atoms with Crippen LogP contribution < -0.4 is 5.32 Å². The second-order valence-corrected chi connectivity index (χ2v) is 8.16. The van der Waals surface area contributed by atoms with Gasteiger partial charge in [0.15, 0.2) is 0 Å². The molecule has 0 aromatic heterocycles. The highest BCUT2D eigenvalue weighted by Gasteiger charge is 2.70. The van der Waals surface area contributed by atoms with E-state index in [-0.39, 0.29) is 5.54 Å². The van der Waals surface area contributed by atoms with Crippen molar-refractivity contribution in [3.63, 3.8) is 0 Å². The smallest absolute Gasteiger partial charge is 0.207 e. The van der Waals surface area contributed by atoms with Gasteiger partial charge in [0.1, 0.15) is 0 Å². The Morgan fingerprint density at radius 1 is 1.11 bits per heavy atom. The Hall–Kier alpha value is -0.530. The second-order valence-electron chi connectivity index (χ2n) is 8.16. The quantitative estimate of drug-likeness (QED) is 0.747. The molecule has 3 aliphatic rings. The molecule has 0 bridgehead atoms. The molecule has 1 amide bonds. The van der Waals surface area contributed by atoms with Crippen molar-refractivity contribution in [3.8, 4) is 0 Å². The maximum Gasteiger partial charge on any atom is 0.207 e. The van der Waals surface area contributed by atoms with Crippen molar-refractivity contribution in [2.45, 2.75) is 65.3 Å². The van der Waals surface area contributed by atoms with Crippen LogP contribution in [-0.2, 0) is 4.79 Å². The van der Waals surface area contributed by atoms with E-state index in [9.17, 15) is 4.79 Å². The minimum absolute atomic E-state index is 0.0336. The average Bonchev–Trinajstić information content (AvgIpc) is 2.80. The third-order valence-corrected chi connectivity index (χ3v) is 6.79. The van der Waals surface area contributed by atoms with Gasteiger partial charge in [-0.25, -0.2) is 0 Å². The molecule has 102 valence electrons. The summed E-state index contributed by atoms with van der Waals surface area (Å²) in [5.74, 6) is 2.41. The van der Waals surface area contributed by atoms with E-state index >= 15 is 0 Å². The molecule has 0 aliphatic heterocycles. The number of carbonyl (C=O) groups excluding carboxylic acids is 1. The van der Waals surface area contributed by atoms with Crippen molar-refractivity contribution in [1.82, 2.24) is 5.32 Å². The maximum atomic E-state index is 11.0. The van der Waals surface area contributed by atoms with Gasteiger partial charge in [-0.3, -0.25) is 4.79 Å². The second kappa shape index (κ2) is 3.52. The summed E-state index contributed by atoms with van der Waals surface area (Å²) in [7, 11) is 0. The Kier molecular flexibility index (Phi) is 2.44. The number of amides is 1. The van der Waals surface area contributed by atoms with Crippen LogP contribution in [0.2, 0.25) is 0 Å². The highest BCUT2D eigenvalue weighted by Crippen LogP contribution is 2.74. The minimum Gasteiger partial charge on any atom is -0.353 e. The Morgan fingerprint density at radius 2 is 1.83 bits per heavy atom. The molecule has 3 aliphatic carbocycles. The fourth-order valence-corrected chi connectivity index (χ4v) is 5.83. The summed E-state index contributed by atoms with van der Waals surface area (Å²) in [6.07, 6.45) is 7.48. The van der Waals surface area contributed by atoms with Crippen LogP contribution >= 0.6 is 0 Å². The van der Waals surface area contributed by atoms with Crippen LogP contribution in [0.4, 0.5) is 0 Å². The van der Waals surface area contributed by atoms with Gasteiger partial charge in [0.2, 0.25) is 6.41 Å². The molecule has 0 aromatic rings. The fraction of sp³-hybridized carbons (Fsp3) is 0.938. The van der Waals surface area contributed by atoms with E-state index in [0.717, 1.165) is 24.7 Å². The summed E-state index contributed by atoms with van der Waals surface area (Å²) in [4.78, 5) is 11.0. The maximum absolute atomic E-state index is 11.0. The van der Waals surface area contributed by atoms with E-state index in [4.69, 9.17) is 0 Å². The summed E-state index contributed by atoms with van der Waals surface area (Å²) in [6.45, 7) is 9.64. The first-order valence-electron chi connectivity index (χ1n) is 7.56. The van der Waals surface area contributed by atoms with Crippen LogP contribution in [0.3, 0.4) is 0 Å². The molecule has 2 nitrogen and oxygen atoms in total. The molecule has 3 rings (SSSR count).